The van der Waals surface area contributed by atoms with E-state index in [0.29, 0.717) is 10.9 Å². The van der Waals surface area contributed by atoms with Crippen LogP contribution in [-0.4, -0.2) is 31.3 Å². The van der Waals surface area contributed by atoms with Gasteiger partial charge in [-0.05, 0) is 26.0 Å². The summed E-state index contributed by atoms with van der Waals surface area (Å²) >= 11 is 1.28. The van der Waals surface area contributed by atoms with Gasteiger partial charge in [0.15, 0.2) is 0 Å². The Balaban J connectivity index is 1.42. The van der Waals surface area contributed by atoms with Crippen LogP contribution in [0.3, 0.4) is 0 Å². The molecule has 0 fully saturated rings. The van der Waals surface area contributed by atoms with Gasteiger partial charge in [-0.25, -0.2) is 4.98 Å². The molecule has 172 valence electrons. The average molecular weight is 478 g/mol. The molecule has 2 heterocycles. The number of nitrogens with one attached hydrogen (secondary N) is 1. The van der Waals surface area contributed by atoms with Gasteiger partial charge in [0, 0.05) is 22.2 Å². The summed E-state index contributed by atoms with van der Waals surface area (Å²) in [5, 5.41) is 12.8. The molecule has 7 heteroatoms. The maximum Gasteiger partial charge on any atom is 0.237 e. The van der Waals surface area contributed by atoms with E-state index in [-0.39, 0.29) is 5.91 Å². The monoisotopic (exact) mass is 477 g/mol. The van der Waals surface area contributed by atoms with Crippen LogP contribution in [0.4, 0.5) is 5.69 Å². The third-order valence-corrected chi connectivity index (χ3v) is 6.47. The minimum absolute atomic E-state index is 0.136. The first-order valence-electron chi connectivity index (χ1n) is 11.3. The number of carbonyl (C=O) groups excluding carboxylic acids is 1. The van der Waals surface area contributed by atoms with Crippen molar-refractivity contribution in [1.29, 1.82) is 0 Å². The fraction of sp³-hybridized carbons (Fsp3) is 0.107. The van der Waals surface area contributed by atoms with Crippen LogP contribution in [0.2, 0.25) is 0 Å². The molecule has 0 aliphatic carbocycles. The van der Waals surface area contributed by atoms with Gasteiger partial charge in [-0.15, -0.1) is 10.2 Å². The zero-order valence-corrected chi connectivity index (χ0v) is 20.2. The Bertz CT molecular complexity index is 1490. The number of thioether (sulfide) groups is 1. The summed E-state index contributed by atoms with van der Waals surface area (Å²) in [7, 11) is 0. The molecule has 1 N–H and O–H groups in total. The van der Waals surface area contributed by atoms with Gasteiger partial charge < -0.3 is 5.32 Å². The molecular formula is C28H23N5OS. The second kappa shape index (κ2) is 10.0. The van der Waals surface area contributed by atoms with E-state index in [9.17, 15) is 4.79 Å². The van der Waals surface area contributed by atoms with Gasteiger partial charge in [-0.3, -0.25) is 9.78 Å². The summed E-state index contributed by atoms with van der Waals surface area (Å²) in [6, 6.07) is 29.4. The zero-order valence-electron chi connectivity index (χ0n) is 19.3. The van der Waals surface area contributed by atoms with Crippen molar-refractivity contribution < 1.29 is 4.79 Å². The van der Waals surface area contributed by atoms with Gasteiger partial charge in [0.2, 0.25) is 11.1 Å². The van der Waals surface area contributed by atoms with Crippen molar-refractivity contribution >= 4 is 34.3 Å². The first-order chi connectivity index (χ1) is 17.1. The fourth-order valence-corrected chi connectivity index (χ4v) is 4.52. The number of para-hydroxylation sites is 1. The summed E-state index contributed by atoms with van der Waals surface area (Å²) in [6.45, 7) is 3.76. The largest absolute Gasteiger partial charge is 0.324 e. The van der Waals surface area contributed by atoms with Gasteiger partial charge in [0.05, 0.1) is 16.5 Å². The van der Waals surface area contributed by atoms with Gasteiger partial charge in [0.25, 0.3) is 0 Å². The highest BCUT2D eigenvalue weighted by Crippen LogP contribution is 2.31. The molecule has 0 bridgehead atoms. The summed E-state index contributed by atoms with van der Waals surface area (Å²) in [5.41, 5.74) is 5.76. The predicted molar refractivity (Wildman–Crippen MR) is 141 cm³/mol. The highest BCUT2D eigenvalue weighted by Gasteiger charge is 2.20. The number of carbonyl (C=O) groups is 1. The van der Waals surface area contributed by atoms with Crippen molar-refractivity contribution in [2.24, 2.45) is 0 Å². The lowest BCUT2D eigenvalue weighted by molar-refractivity contribution is -0.115. The highest BCUT2D eigenvalue weighted by atomic mass is 32.2. The quantitative estimate of drug-likeness (QED) is 0.294. The number of rotatable bonds is 6. The minimum Gasteiger partial charge on any atom is -0.324 e. The molecule has 5 aromatic rings. The molecule has 2 aromatic heterocycles. The molecule has 1 amide bonds. The molecule has 5 rings (SSSR count). The van der Waals surface area contributed by atoms with E-state index in [1.165, 1.54) is 11.8 Å². The van der Waals surface area contributed by atoms with E-state index < -0.39 is 5.25 Å². The van der Waals surface area contributed by atoms with Crippen molar-refractivity contribution in [2.45, 2.75) is 24.3 Å². The molecule has 3 aromatic carbocycles. The number of amides is 1. The molecule has 0 spiro atoms. The Morgan fingerprint density at radius 2 is 1.43 bits per heavy atom. The van der Waals surface area contributed by atoms with Crippen molar-refractivity contribution in [3.8, 4) is 22.5 Å². The van der Waals surface area contributed by atoms with Crippen LogP contribution >= 0.6 is 11.8 Å². The lowest BCUT2D eigenvalue weighted by Crippen LogP contribution is -2.23. The second-order valence-electron chi connectivity index (χ2n) is 8.10. The van der Waals surface area contributed by atoms with Crippen LogP contribution in [0, 0.1) is 6.92 Å². The summed E-state index contributed by atoms with van der Waals surface area (Å²) in [4.78, 5) is 22.4. The molecule has 0 aliphatic heterocycles. The number of aryl methyl sites for hydroxylation is 1. The molecule has 1 unspecified atom stereocenters. The molecule has 0 radical (unpaired) electrons. The molecule has 1 atom stereocenters. The lowest BCUT2D eigenvalue weighted by Gasteiger charge is -2.14. The van der Waals surface area contributed by atoms with Gasteiger partial charge in [-0.1, -0.05) is 90.6 Å². The van der Waals surface area contributed by atoms with Crippen LogP contribution in [0.15, 0.2) is 96.2 Å². The van der Waals surface area contributed by atoms with Crippen LogP contribution < -0.4 is 5.32 Å². The zero-order chi connectivity index (χ0) is 24.2. The van der Waals surface area contributed by atoms with Gasteiger partial charge in [0.1, 0.15) is 11.4 Å². The van der Waals surface area contributed by atoms with Crippen LogP contribution in [0.1, 0.15) is 12.6 Å². The second-order valence-corrected chi connectivity index (χ2v) is 9.41. The van der Waals surface area contributed by atoms with E-state index in [2.05, 4.69) is 20.5 Å². The number of pyridine rings is 1. The van der Waals surface area contributed by atoms with Crippen LogP contribution in [-0.2, 0) is 4.79 Å². The van der Waals surface area contributed by atoms with Crippen molar-refractivity contribution in [2.75, 3.05) is 5.32 Å². The lowest BCUT2D eigenvalue weighted by atomic mass is 10.0. The standard InChI is InChI=1S/C28H23N5OS/c1-18-17-24(22-15-9-10-16-23(22)29-18)30-27(34)19(2)35-28-31-25(20-11-5-3-6-12-20)26(32-33-28)21-13-7-4-8-14-21/h3-17,19H,1-2H3,(H,29,30,34). The van der Waals surface area contributed by atoms with E-state index in [0.717, 1.165) is 39.1 Å². The normalized spacial score (nSPS) is 11.8. The number of benzene rings is 3. The molecule has 0 saturated heterocycles. The van der Waals surface area contributed by atoms with E-state index in [1.807, 2.05) is 105 Å². The molecule has 0 saturated carbocycles. The first-order valence-corrected chi connectivity index (χ1v) is 12.2. The first kappa shape index (κ1) is 22.7. The van der Waals surface area contributed by atoms with Gasteiger partial charge in [-0.2, -0.15) is 0 Å². The number of hydrogen-bond acceptors (Lipinski definition) is 6. The Hall–Kier alpha value is -4.10. The highest BCUT2D eigenvalue weighted by molar-refractivity contribution is 8.00. The van der Waals surface area contributed by atoms with Crippen LogP contribution in [0.5, 0.6) is 0 Å². The van der Waals surface area contributed by atoms with E-state index >= 15 is 0 Å². The average Bonchev–Trinajstić information content (AvgIpc) is 2.89. The topological polar surface area (TPSA) is 80.7 Å². The maximum absolute atomic E-state index is 13.1. The summed E-state index contributed by atoms with van der Waals surface area (Å²) in [6.07, 6.45) is 0. The van der Waals surface area contributed by atoms with Gasteiger partial charge >= 0.3 is 0 Å². The molecule has 35 heavy (non-hydrogen) atoms. The van der Waals surface area contributed by atoms with Crippen molar-refractivity contribution in [3.63, 3.8) is 0 Å². The fourth-order valence-electron chi connectivity index (χ4n) is 3.81. The number of anilines is 1. The Morgan fingerprint density at radius 3 is 2.14 bits per heavy atom. The third-order valence-electron chi connectivity index (χ3n) is 5.52. The van der Waals surface area contributed by atoms with E-state index in [4.69, 9.17) is 4.98 Å². The molecular weight excluding hydrogens is 454 g/mol. The Morgan fingerprint density at radius 1 is 0.800 bits per heavy atom. The number of hydrogen-bond donors (Lipinski definition) is 1. The Kier molecular flexibility index (Phi) is 6.50. The summed E-state index contributed by atoms with van der Waals surface area (Å²) in [5.74, 6) is -0.136. The third kappa shape index (κ3) is 5.05. The van der Waals surface area contributed by atoms with Crippen molar-refractivity contribution in [3.05, 3.63) is 96.7 Å². The smallest absolute Gasteiger partial charge is 0.237 e. The number of nitrogens with zero attached hydrogens (tertiary/aromatic N) is 4. The maximum atomic E-state index is 13.1. The molecule has 6 nitrogen and oxygen atoms in total. The summed E-state index contributed by atoms with van der Waals surface area (Å²) < 4.78 is 0. The van der Waals surface area contributed by atoms with Crippen LogP contribution in [0.25, 0.3) is 33.4 Å². The SMILES string of the molecule is Cc1cc(NC(=O)C(C)Sc2nnc(-c3ccccc3)c(-c3ccccc3)n2)c2ccccc2n1. The minimum atomic E-state index is -0.435. The Labute approximate surface area is 207 Å². The number of fused-ring (bicyclic) bond motifs is 1. The van der Waals surface area contributed by atoms with Crippen molar-refractivity contribution in [1.82, 2.24) is 20.2 Å². The van der Waals surface area contributed by atoms with E-state index in [1.54, 1.807) is 0 Å². The number of aromatic nitrogens is 4. The predicted octanol–water partition coefficient (Wildman–Crippen LogP) is 6.18. The molecule has 0 aliphatic rings.